The highest BCUT2D eigenvalue weighted by Gasteiger charge is 2.41. The van der Waals surface area contributed by atoms with Gasteiger partial charge in [0.2, 0.25) is 0 Å². The Morgan fingerprint density at radius 3 is 2.79 bits per heavy atom. The number of aliphatic hydroxyl groups is 1. The van der Waals surface area contributed by atoms with Gasteiger partial charge in [0.1, 0.15) is 0 Å². The highest BCUT2D eigenvalue weighted by molar-refractivity contribution is 7.99. The fraction of sp³-hybridized carbons (Fsp3) is 1.00. The zero-order valence-electron chi connectivity index (χ0n) is 12.2. The van der Waals surface area contributed by atoms with Crippen molar-refractivity contribution in [3.05, 3.63) is 0 Å². The van der Waals surface area contributed by atoms with Gasteiger partial charge in [-0.3, -0.25) is 0 Å². The second-order valence-electron chi connectivity index (χ2n) is 5.90. The molecule has 4 heteroatoms. The fourth-order valence-electron chi connectivity index (χ4n) is 3.63. The van der Waals surface area contributed by atoms with Gasteiger partial charge in [0, 0.05) is 24.0 Å². The van der Waals surface area contributed by atoms with Crippen molar-refractivity contribution in [2.24, 2.45) is 5.92 Å². The maximum Gasteiger partial charge on any atom is 0.0616 e. The van der Waals surface area contributed by atoms with Gasteiger partial charge in [-0.15, -0.1) is 0 Å². The molecule has 2 fully saturated rings. The van der Waals surface area contributed by atoms with Gasteiger partial charge < -0.3 is 15.2 Å². The number of thioether (sulfide) groups is 1. The molecular weight excluding hydrogens is 258 g/mol. The summed E-state index contributed by atoms with van der Waals surface area (Å²) in [5.74, 6) is 1.90. The van der Waals surface area contributed by atoms with Crippen molar-refractivity contribution in [3.8, 4) is 0 Å². The topological polar surface area (TPSA) is 41.5 Å². The van der Waals surface area contributed by atoms with Crippen LogP contribution in [0.1, 0.15) is 45.4 Å². The lowest BCUT2D eigenvalue weighted by atomic mass is 9.86. The number of ether oxygens (including phenoxy) is 1. The minimum Gasteiger partial charge on any atom is -0.394 e. The third-order valence-electron chi connectivity index (χ3n) is 4.76. The van der Waals surface area contributed by atoms with E-state index in [0.29, 0.717) is 12.5 Å². The summed E-state index contributed by atoms with van der Waals surface area (Å²) in [6.45, 7) is 5.29. The first kappa shape index (κ1) is 15.6. The molecule has 112 valence electrons. The van der Waals surface area contributed by atoms with Crippen LogP contribution in [0.5, 0.6) is 0 Å². The first-order valence-electron chi connectivity index (χ1n) is 7.86. The van der Waals surface area contributed by atoms with Crippen LogP contribution in [-0.4, -0.2) is 48.0 Å². The summed E-state index contributed by atoms with van der Waals surface area (Å²) >= 11 is 2.12. The van der Waals surface area contributed by atoms with Crippen molar-refractivity contribution in [2.45, 2.75) is 56.2 Å². The van der Waals surface area contributed by atoms with E-state index in [-0.39, 0.29) is 5.54 Å². The van der Waals surface area contributed by atoms with Crippen LogP contribution in [0.4, 0.5) is 0 Å². The summed E-state index contributed by atoms with van der Waals surface area (Å²) in [5.41, 5.74) is 0.0188. The molecule has 0 aromatic rings. The van der Waals surface area contributed by atoms with Gasteiger partial charge in [-0.2, -0.15) is 11.8 Å². The summed E-state index contributed by atoms with van der Waals surface area (Å²) in [5, 5.41) is 14.2. The Balaban J connectivity index is 1.74. The molecular formula is C15H29NO2S. The van der Waals surface area contributed by atoms with E-state index in [9.17, 15) is 5.11 Å². The average Bonchev–Trinajstić information content (AvgIpc) is 2.84. The van der Waals surface area contributed by atoms with Gasteiger partial charge in [-0.1, -0.05) is 13.3 Å². The lowest BCUT2D eigenvalue weighted by Crippen LogP contribution is -2.51. The quantitative estimate of drug-likeness (QED) is 0.754. The first-order valence-corrected chi connectivity index (χ1v) is 8.91. The van der Waals surface area contributed by atoms with E-state index in [1.165, 1.54) is 37.9 Å². The minimum absolute atomic E-state index is 0.0188. The molecule has 0 spiro atoms. The molecule has 0 radical (unpaired) electrons. The Labute approximate surface area is 121 Å². The molecule has 0 aromatic carbocycles. The summed E-state index contributed by atoms with van der Waals surface area (Å²) < 4.78 is 5.41. The predicted molar refractivity (Wildman–Crippen MR) is 81.8 cm³/mol. The number of likely N-dealkylation sites (N-methyl/N-ethyl adjacent to an activating group) is 1. The van der Waals surface area contributed by atoms with E-state index >= 15 is 0 Å². The van der Waals surface area contributed by atoms with Crippen LogP contribution in [-0.2, 0) is 4.74 Å². The highest BCUT2D eigenvalue weighted by Crippen LogP contribution is 2.39. The molecule has 1 aliphatic carbocycles. The van der Waals surface area contributed by atoms with Crippen LogP contribution >= 0.6 is 11.8 Å². The van der Waals surface area contributed by atoms with Crippen LogP contribution in [0.15, 0.2) is 0 Å². The van der Waals surface area contributed by atoms with Crippen molar-refractivity contribution < 1.29 is 9.84 Å². The maximum atomic E-state index is 9.78. The second-order valence-corrected chi connectivity index (χ2v) is 7.31. The number of nitrogens with one attached hydrogen (secondary N) is 1. The Morgan fingerprint density at radius 2 is 2.11 bits per heavy atom. The van der Waals surface area contributed by atoms with E-state index in [0.717, 1.165) is 31.4 Å². The maximum absolute atomic E-state index is 9.78. The monoisotopic (exact) mass is 287 g/mol. The van der Waals surface area contributed by atoms with Crippen molar-refractivity contribution in [1.82, 2.24) is 5.32 Å². The zero-order chi connectivity index (χ0) is 13.6. The normalized spacial score (nSPS) is 32.8. The molecule has 2 rings (SSSR count). The van der Waals surface area contributed by atoms with Gasteiger partial charge in [0.05, 0.1) is 6.61 Å². The summed E-state index contributed by atoms with van der Waals surface area (Å²) in [4.78, 5) is 0. The average molecular weight is 287 g/mol. The molecule has 2 unspecified atom stereocenters. The van der Waals surface area contributed by atoms with E-state index in [2.05, 4.69) is 24.0 Å². The van der Waals surface area contributed by atoms with Crippen molar-refractivity contribution in [2.75, 3.05) is 32.1 Å². The Bertz CT molecular complexity index is 259. The Hall–Kier alpha value is 0.230. The molecule has 1 saturated heterocycles. The number of rotatable bonds is 7. The van der Waals surface area contributed by atoms with E-state index < -0.39 is 0 Å². The summed E-state index contributed by atoms with van der Waals surface area (Å²) in [7, 11) is 0. The highest BCUT2D eigenvalue weighted by atomic mass is 32.2. The van der Waals surface area contributed by atoms with Gasteiger partial charge in [-0.25, -0.2) is 0 Å². The van der Waals surface area contributed by atoms with Crippen LogP contribution in [0.25, 0.3) is 0 Å². The SMILES string of the molecule is CCNC1(CO)CCCC1CCSC1CCOCC1. The third-order valence-corrected chi connectivity index (χ3v) is 6.17. The number of aliphatic hydroxyl groups excluding tert-OH is 1. The predicted octanol–water partition coefficient (Wildman–Crippen LogP) is 2.43. The van der Waals surface area contributed by atoms with Crippen molar-refractivity contribution >= 4 is 11.8 Å². The smallest absolute Gasteiger partial charge is 0.0616 e. The minimum atomic E-state index is 0.0188. The molecule has 1 aliphatic heterocycles. The Kier molecular flexibility index (Phi) is 6.46. The summed E-state index contributed by atoms with van der Waals surface area (Å²) in [6, 6.07) is 0. The van der Waals surface area contributed by atoms with E-state index in [4.69, 9.17) is 4.74 Å². The molecule has 2 atom stereocenters. The van der Waals surface area contributed by atoms with Crippen LogP contribution in [0, 0.1) is 5.92 Å². The van der Waals surface area contributed by atoms with Crippen molar-refractivity contribution in [3.63, 3.8) is 0 Å². The van der Waals surface area contributed by atoms with E-state index in [1.807, 2.05) is 0 Å². The summed E-state index contributed by atoms with van der Waals surface area (Å²) in [6.07, 6.45) is 7.36. The van der Waals surface area contributed by atoms with Crippen LogP contribution in [0.2, 0.25) is 0 Å². The Morgan fingerprint density at radius 1 is 1.32 bits per heavy atom. The molecule has 19 heavy (non-hydrogen) atoms. The number of hydrogen-bond acceptors (Lipinski definition) is 4. The molecule has 1 heterocycles. The molecule has 0 bridgehead atoms. The van der Waals surface area contributed by atoms with Crippen LogP contribution in [0.3, 0.4) is 0 Å². The fourth-order valence-corrected chi connectivity index (χ4v) is 4.91. The van der Waals surface area contributed by atoms with Gasteiger partial charge in [0.25, 0.3) is 0 Å². The van der Waals surface area contributed by atoms with E-state index in [1.54, 1.807) is 0 Å². The lowest BCUT2D eigenvalue weighted by molar-refractivity contribution is 0.0999. The molecule has 0 amide bonds. The standard InChI is InChI=1S/C15H29NO2S/c1-2-16-15(12-17)8-3-4-13(15)7-11-19-14-5-9-18-10-6-14/h13-14,16-17H,2-12H2,1H3. The van der Waals surface area contributed by atoms with Gasteiger partial charge in [0.15, 0.2) is 0 Å². The molecule has 0 aromatic heterocycles. The van der Waals surface area contributed by atoms with Crippen molar-refractivity contribution in [1.29, 1.82) is 0 Å². The molecule has 3 nitrogen and oxygen atoms in total. The first-order chi connectivity index (χ1) is 9.30. The molecule has 2 N–H and O–H groups in total. The van der Waals surface area contributed by atoms with Gasteiger partial charge >= 0.3 is 0 Å². The molecule has 1 saturated carbocycles. The lowest BCUT2D eigenvalue weighted by Gasteiger charge is -2.35. The number of hydrogen-bond donors (Lipinski definition) is 2. The molecule has 2 aliphatic rings. The van der Waals surface area contributed by atoms with Crippen LogP contribution < -0.4 is 5.32 Å². The van der Waals surface area contributed by atoms with Gasteiger partial charge in [-0.05, 0) is 50.3 Å². The third kappa shape index (κ3) is 4.10. The largest absolute Gasteiger partial charge is 0.394 e. The zero-order valence-corrected chi connectivity index (χ0v) is 13.0. The second kappa shape index (κ2) is 7.87.